The van der Waals surface area contributed by atoms with Gasteiger partial charge in [0.25, 0.3) is 17.5 Å². The van der Waals surface area contributed by atoms with E-state index in [1.807, 2.05) is 0 Å². The maximum atomic E-state index is 12.8. The lowest BCUT2D eigenvalue weighted by atomic mass is 10.2. The quantitative estimate of drug-likeness (QED) is 0.284. The van der Waals surface area contributed by atoms with E-state index in [9.17, 15) is 19.7 Å². The van der Waals surface area contributed by atoms with Crippen molar-refractivity contribution in [1.29, 1.82) is 0 Å². The number of hydrogen-bond donors (Lipinski definition) is 1. The van der Waals surface area contributed by atoms with Crippen LogP contribution in [0, 0.1) is 10.1 Å². The number of nitro benzene ring substituents is 1. The highest BCUT2D eigenvalue weighted by atomic mass is 35.5. The molecule has 3 aromatic rings. The predicted molar refractivity (Wildman–Crippen MR) is 112 cm³/mol. The molecule has 0 atom stereocenters. The highest BCUT2D eigenvalue weighted by Crippen LogP contribution is 2.28. The minimum Gasteiger partial charge on any atom is -0.317 e. The van der Waals surface area contributed by atoms with Crippen LogP contribution in [-0.2, 0) is 9.59 Å². The molecule has 0 aliphatic carbocycles. The third-order valence-corrected chi connectivity index (χ3v) is 4.84. The lowest BCUT2D eigenvalue weighted by molar-refractivity contribution is -0.384. The first-order chi connectivity index (χ1) is 14.3. The first-order valence-corrected chi connectivity index (χ1v) is 9.34. The Kier molecular flexibility index (Phi) is 5.03. The number of nitro groups is 1. The van der Waals surface area contributed by atoms with Crippen molar-refractivity contribution in [2.24, 2.45) is 0 Å². The molecular formula is C20H12Cl2N4O4. The predicted octanol–water partition coefficient (Wildman–Crippen LogP) is 4.15. The van der Waals surface area contributed by atoms with E-state index in [1.165, 1.54) is 36.4 Å². The number of hydrogen-bond acceptors (Lipinski definition) is 4. The van der Waals surface area contributed by atoms with Crippen LogP contribution in [0.2, 0.25) is 10.0 Å². The minimum absolute atomic E-state index is 0.0352. The molecule has 1 aromatic heterocycles. The van der Waals surface area contributed by atoms with Crippen molar-refractivity contribution in [2.45, 2.75) is 0 Å². The van der Waals surface area contributed by atoms with Crippen LogP contribution < -0.4 is 10.4 Å². The highest BCUT2D eigenvalue weighted by Gasteiger charge is 2.35. The molecule has 0 spiro atoms. The van der Waals surface area contributed by atoms with Crippen molar-refractivity contribution in [1.82, 2.24) is 9.99 Å². The fraction of sp³-hybridized carbons (Fsp3) is 0. The first kappa shape index (κ1) is 19.7. The van der Waals surface area contributed by atoms with E-state index in [0.717, 1.165) is 5.01 Å². The van der Waals surface area contributed by atoms with Gasteiger partial charge in [-0.25, -0.2) is 5.01 Å². The molecule has 1 fully saturated rings. The van der Waals surface area contributed by atoms with Gasteiger partial charge >= 0.3 is 0 Å². The second kappa shape index (κ2) is 7.66. The van der Waals surface area contributed by atoms with Crippen LogP contribution in [0.1, 0.15) is 5.69 Å². The lowest BCUT2D eigenvalue weighted by Crippen LogP contribution is -2.35. The van der Waals surface area contributed by atoms with Crippen molar-refractivity contribution in [3.05, 3.63) is 92.2 Å². The molecule has 1 N–H and O–H groups in total. The first-order valence-electron chi connectivity index (χ1n) is 8.59. The Morgan fingerprint density at radius 2 is 1.63 bits per heavy atom. The van der Waals surface area contributed by atoms with E-state index in [-0.39, 0.29) is 11.3 Å². The fourth-order valence-electron chi connectivity index (χ4n) is 3.04. The second-order valence-electron chi connectivity index (χ2n) is 6.34. The summed E-state index contributed by atoms with van der Waals surface area (Å²) in [5.74, 6) is -1.14. The van der Waals surface area contributed by atoms with E-state index in [0.29, 0.717) is 27.1 Å². The van der Waals surface area contributed by atoms with E-state index in [4.69, 9.17) is 23.2 Å². The number of halogens is 2. The van der Waals surface area contributed by atoms with Crippen LogP contribution in [0.15, 0.2) is 66.4 Å². The van der Waals surface area contributed by atoms with Gasteiger partial charge in [-0.2, -0.15) is 0 Å². The van der Waals surface area contributed by atoms with Gasteiger partial charge in [-0.05, 0) is 48.5 Å². The SMILES string of the molecule is O=C1NN(c2cc(Cl)cc(Cl)c2)C(=O)/C1=C\c1cccn1-c1ccc([N+](=O)[O-])cc1. The summed E-state index contributed by atoms with van der Waals surface area (Å²) in [5, 5.41) is 12.6. The number of non-ortho nitro benzene ring substituents is 1. The van der Waals surface area contributed by atoms with Gasteiger partial charge in [0.2, 0.25) is 0 Å². The van der Waals surface area contributed by atoms with Gasteiger partial charge in [-0.15, -0.1) is 0 Å². The molecule has 4 rings (SSSR count). The van der Waals surface area contributed by atoms with E-state index in [1.54, 1.807) is 35.0 Å². The molecular weight excluding hydrogens is 431 g/mol. The molecule has 1 saturated heterocycles. The van der Waals surface area contributed by atoms with Crippen LogP contribution in [0.25, 0.3) is 11.8 Å². The van der Waals surface area contributed by atoms with Crippen LogP contribution >= 0.6 is 23.2 Å². The largest absolute Gasteiger partial charge is 0.317 e. The monoisotopic (exact) mass is 442 g/mol. The van der Waals surface area contributed by atoms with E-state index >= 15 is 0 Å². The summed E-state index contributed by atoms with van der Waals surface area (Å²) in [6.07, 6.45) is 3.17. The third-order valence-electron chi connectivity index (χ3n) is 4.41. The van der Waals surface area contributed by atoms with Crippen LogP contribution in [0.4, 0.5) is 11.4 Å². The van der Waals surface area contributed by atoms with Gasteiger partial charge < -0.3 is 4.57 Å². The van der Waals surface area contributed by atoms with Crippen molar-refractivity contribution in [2.75, 3.05) is 5.01 Å². The zero-order valence-electron chi connectivity index (χ0n) is 15.1. The molecule has 2 heterocycles. The number of amides is 2. The summed E-state index contributed by atoms with van der Waals surface area (Å²) >= 11 is 12.0. The van der Waals surface area contributed by atoms with Crippen LogP contribution in [0.5, 0.6) is 0 Å². The lowest BCUT2D eigenvalue weighted by Gasteiger charge is -2.15. The molecule has 0 saturated carbocycles. The van der Waals surface area contributed by atoms with Gasteiger partial charge in [0.05, 0.1) is 10.6 Å². The molecule has 8 nitrogen and oxygen atoms in total. The fourth-order valence-corrected chi connectivity index (χ4v) is 3.55. The molecule has 1 aliphatic heterocycles. The molecule has 1 aliphatic rings. The molecule has 2 aromatic carbocycles. The zero-order valence-corrected chi connectivity index (χ0v) is 16.6. The molecule has 150 valence electrons. The highest BCUT2D eigenvalue weighted by molar-refractivity contribution is 6.36. The molecule has 2 amide bonds. The van der Waals surface area contributed by atoms with Crippen molar-refractivity contribution >= 4 is 52.5 Å². The van der Waals surface area contributed by atoms with Crippen LogP contribution in [-0.4, -0.2) is 21.3 Å². The second-order valence-corrected chi connectivity index (χ2v) is 7.22. The topological polar surface area (TPSA) is 97.5 Å². The number of nitrogens with one attached hydrogen (secondary N) is 1. The van der Waals surface area contributed by atoms with E-state index in [2.05, 4.69) is 5.43 Å². The number of rotatable bonds is 4. The summed E-state index contributed by atoms with van der Waals surface area (Å²) in [7, 11) is 0. The van der Waals surface area contributed by atoms with Crippen molar-refractivity contribution < 1.29 is 14.5 Å². The third kappa shape index (κ3) is 3.66. The summed E-state index contributed by atoms with van der Waals surface area (Å²) in [6, 6.07) is 13.9. The number of benzene rings is 2. The number of anilines is 1. The van der Waals surface area contributed by atoms with Gasteiger partial charge in [-0.1, -0.05) is 23.2 Å². The maximum absolute atomic E-state index is 12.8. The Morgan fingerprint density at radius 3 is 2.27 bits per heavy atom. The van der Waals surface area contributed by atoms with Gasteiger partial charge in [-0.3, -0.25) is 25.1 Å². The Balaban J connectivity index is 1.67. The Hall–Kier alpha value is -3.62. The molecule has 0 radical (unpaired) electrons. The average Bonchev–Trinajstić information content (AvgIpc) is 3.27. The molecule has 0 bridgehead atoms. The Labute approximate surface area is 180 Å². The van der Waals surface area contributed by atoms with Crippen molar-refractivity contribution in [3.8, 4) is 5.69 Å². The standard InChI is InChI=1S/C20H12Cl2N4O4/c21-12-8-13(22)10-17(9-12)25-20(28)18(19(27)23-25)11-16-2-1-7-24(16)14-3-5-15(6-4-14)26(29)30/h1-11H,(H,23,27)/b18-11-. The Bertz CT molecular complexity index is 1200. The number of carbonyl (C=O) groups is 2. The summed E-state index contributed by atoms with van der Waals surface area (Å²) in [4.78, 5) is 35.6. The molecule has 10 heteroatoms. The van der Waals surface area contributed by atoms with Gasteiger partial charge in [0.15, 0.2) is 0 Å². The molecule has 30 heavy (non-hydrogen) atoms. The maximum Gasteiger partial charge on any atom is 0.282 e. The summed E-state index contributed by atoms with van der Waals surface area (Å²) in [5.41, 5.74) is 3.90. The normalized spacial score (nSPS) is 15.0. The smallest absolute Gasteiger partial charge is 0.282 e. The van der Waals surface area contributed by atoms with Crippen molar-refractivity contribution in [3.63, 3.8) is 0 Å². The number of aromatic nitrogens is 1. The number of nitrogens with zero attached hydrogens (tertiary/aromatic N) is 3. The Morgan fingerprint density at radius 1 is 0.967 bits per heavy atom. The average molecular weight is 443 g/mol. The van der Waals surface area contributed by atoms with Gasteiger partial charge in [0, 0.05) is 39.8 Å². The molecule has 0 unspecified atom stereocenters. The summed E-state index contributed by atoms with van der Waals surface area (Å²) in [6.45, 7) is 0. The van der Waals surface area contributed by atoms with E-state index < -0.39 is 16.7 Å². The zero-order chi connectivity index (χ0) is 21.4. The van der Waals surface area contributed by atoms with Gasteiger partial charge in [0.1, 0.15) is 5.57 Å². The van der Waals surface area contributed by atoms with Crippen LogP contribution in [0.3, 0.4) is 0 Å². The number of hydrazine groups is 1. The summed E-state index contributed by atoms with van der Waals surface area (Å²) < 4.78 is 1.70. The number of carbonyl (C=O) groups excluding carboxylic acids is 2. The minimum atomic E-state index is -0.576.